The number of aryl methyl sites for hydroxylation is 2. The highest BCUT2D eigenvalue weighted by molar-refractivity contribution is 5.85. The lowest BCUT2D eigenvalue weighted by Gasteiger charge is -2.10. The van der Waals surface area contributed by atoms with E-state index in [9.17, 15) is 14.7 Å². The Labute approximate surface area is 146 Å². The van der Waals surface area contributed by atoms with Gasteiger partial charge in [0, 0.05) is 29.5 Å². The maximum Gasteiger partial charge on any atom is 0.306 e. The van der Waals surface area contributed by atoms with Gasteiger partial charge in [0.25, 0.3) is 0 Å². The number of pyridine rings is 1. The molecule has 0 aliphatic heterocycles. The zero-order chi connectivity index (χ0) is 18.2. The molecule has 0 aliphatic carbocycles. The topological polar surface area (TPSA) is 85.7 Å². The molecule has 1 heterocycles. The van der Waals surface area contributed by atoms with Crippen molar-refractivity contribution in [2.45, 2.75) is 39.5 Å². The van der Waals surface area contributed by atoms with Crippen LogP contribution in [0.25, 0.3) is 10.9 Å². The predicted molar refractivity (Wildman–Crippen MR) is 93.3 cm³/mol. The highest BCUT2D eigenvalue weighted by Gasteiger charge is 2.12. The molecular formula is C19H23NO5. The number of hydrogen-bond donors (Lipinski definition) is 1. The van der Waals surface area contributed by atoms with E-state index in [0.29, 0.717) is 31.6 Å². The lowest BCUT2D eigenvalue weighted by atomic mass is 10.0. The third-order valence-electron chi connectivity index (χ3n) is 3.79. The number of benzene rings is 1. The summed E-state index contributed by atoms with van der Waals surface area (Å²) < 4.78 is 9.85. The third-order valence-corrected chi connectivity index (χ3v) is 3.79. The van der Waals surface area contributed by atoms with Crippen LogP contribution in [-0.2, 0) is 31.9 Å². The fourth-order valence-corrected chi connectivity index (χ4v) is 2.62. The van der Waals surface area contributed by atoms with E-state index in [1.165, 1.54) is 0 Å². The van der Waals surface area contributed by atoms with Gasteiger partial charge in [-0.1, -0.05) is 6.07 Å². The number of carbonyl (C=O) groups is 2. The van der Waals surface area contributed by atoms with E-state index in [1.807, 2.05) is 12.1 Å². The molecule has 0 aliphatic rings. The van der Waals surface area contributed by atoms with Crippen LogP contribution in [0.2, 0.25) is 0 Å². The largest absolute Gasteiger partial charge is 0.508 e. The normalized spacial score (nSPS) is 10.6. The molecule has 0 saturated heterocycles. The van der Waals surface area contributed by atoms with Crippen LogP contribution < -0.4 is 0 Å². The SMILES string of the molecule is CCOC(=O)CCc1ccc2c(CCC(=O)OCC)c(O)ccc2n1. The number of aromatic nitrogens is 1. The second-order valence-corrected chi connectivity index (χ2v) is 5.54. The van der Waals surface area contributed by atoms with Crippen LogP contribution in [0.15, 0.2) is 24.3 Å². The van der Waals surface area contributed by atoms with Gasteiger partial charge in [-0.15, -0.1) is 0 Å². The summed E-state index contributed by atoms with van der Waals surface area (Å²) in [6, 6.07) is 7.00. The fourth-order valence-electron chi connectivity index (χ4n) is 2.62. The molecule has 134 valence electrons. The molecule has 25 heavy (non-hydrogen) atoms. The van der Waals surface area contributed by atoms with Crippen LogP contribution in [0.4, 0.5) is 0 Å². The van der Waals surface area contributed by atoms with E-state index in [4.69, 9.17) is 9.47 Å². The zero-order valence-electron chi connectivity index (χ0n) is 14.6. The molecule has 1 N–H and O–H groups in total. The van der Waals surface area contributed by atoms with Crippen molar-refractivity contribution < 1.29 is 24.2 Å². The maximum absolute atomic E-state index is 11.6. The monoisotopic (exact) mass is 345 g/mol. The molecule has 0 amide bonds. The highest BCUT2D eigenvalue weighted by atomic mass is 16.5. The van der Waals surface area contributed by atoms with E-state index in [2.05, 4.69) is 4.98 Å². The summed E-state index contributed by atoms with van der Waals surface area (Å²) >= 11 is 0. The number of rotatable bonds is 8. The number of phenolic OH excluding ortho intramolecular Hbond substituents is 1. The Morgan fingerprint density at radius 3 is 2.24 bits per heavy atom. The van der Waals surface area contributed by atoms with Crippen LogP contribution in [-0.4, -0.2) is 35.2 Å². The summed E-state index contributed by atoms with van der Waals surface area (Å²) in [6.45, 7) is 4.24. The number of phenols is 1. The van der Waals surface area contributed by atoms with Crippen LogP contribution >= 0.6 is 0 Å². The van der Waals surface area contributed by atoms with Gasteiger partial charge in [0.1, 0.15) is 5.75 Å². The Morgan fingerprint density at radius 2 is 1.60 bits per heavy atom. The van der Waals surface area contributed by atoms with E-state index >= 15 is 0 Å². The van der Waals surface area contributed by atoms with Crippen LogP contribution in [0, 0.1) is 0 Å². The second-order valence-electron chi connectivity index (χ2n) is 5.54. The molecule has 2 aromatic rings. The van der Waals surface area contributed by atoms with E-state index in [-0.39, 0.29) is 30.5 Å². The third kappa shape index (κ3) is 5.17. The molecule has 0 unspecified atom stereocenters. The van der Waals surface area contributed by atoms with Crippen molar-refractivity contribution in [1.82, 2.24) is 4.98 Å². The molecule has 6 heteroatoms. The summed E-state index contributed by atoms with van der Waals surface area (Å²) in [5.74, 6) is -0.402. The first-order valence-electron chi connectivity index (χ1n) is 8.46. The van der Waals surface area contributed by atoms with E-state index < -0.39 is 0 Å². The molecule has 0 atom stereocenters. The smallest absolute Gasteiger partial charge is 0.306 e. The Bertz CT molecular complexity index is 757. The Kier molecular flexibility index (Phi) is 6.74. The van der Waals surface area contributed by atoms with Gasteiger partial charge in [-0.2, -0.15) is 0 Å². The van der Waals surface area contributed by atoms with Crippen LogP contribution in [0.5, 0.6) is 5.75 Å². The lowest BCUT2D eigenvalue weighted by molar-refractivity contribution is -0.144. The zero-order valence-corrected chi connectivity index (χ0v) is 14.6. The molecule has 0 fully saturated rings. The molecule has 1 aromatic carbocycles. The quantitative estimate of drug-likeness (QED) is 0.740. The van der Waals surface area contributed by atoms with Gasteiger partial charge in [0.15, 0.2) is 0 Å². The molecule has 0 spiro atoms. The maximum atomic E-state index is 11.6. The summed E-state index contributed by atoms with van der Waals surface area (Å²) in [4.78, 5) is 27.5. The minimum absolute atomic E-state index is 0.137. The molecule has 0 radical (unpaired) electrons. The highest BCUT2D eigenvalue weighted by Crippen LogP contribution is 2.28. The number of carbonyl (C=O) groups excluding carboxylic acids is 2. The molecule has 0 bridgehead atoms. The first kappa shape index (κ1) is 18.7. The van der Waals surface area contributed by atoms with Crippen molar-refractivity contribution in [1.29, 1.82) is 0 Å². The average Bonchev–Trinajstić information content (AvgIpc) is 2.59. The summed E-state index contributed by atoms with van der Waals surface area (Å²) in [6.07, 6.45) is 1.35. The van der Waals surface area contributed by atoms with Gasteiger partial charge in [-0.25, -0.2) is 0 Å². The van der Waals surface area contributed by atoms with Crippen molar-refractivity contribution in [3.8, 4) is 5.75 Å². The molecule has 6 nitrogen and oxygen atoms in total. The summed E-state index contributed by atoms with van der Waals surface area (Å²) in [5, 5.41) is 10.9. The first-order chi connectivity index (χ1) is 12.0. The minimum Gasteiger partial charge on any atom is -0.508 e. The average molecular weight is 345 g/mol. The standard InChI is InChI=1S/C19H23NO5/c1-3-24-18(22)11-6-13-5-7-14-15(8-12-19(23)25-4-2)17(21)10-9-16(14)20-13/h5,7,9-10,21H,3-4,6,8,11-12H2,1-2H3. The van der Waals surface area contributed by atoms with E-state index in [1.54, 1.807) is 26.0 Å². The number of nitrogens with zero attached hydrogens (tertiary/aromatic N) is 1. The Hall–Kier alpha value is -2.63. The minimum atomic E-state index is -0.294. The van der Waals surface area contributed by atoms with Gasteiger partial charge in [0.2, 0.25) is 0 Å². The van der Waals surface area contributed by atoms with Crippen LogP contribution in [0.3, 0.4) is 0 Å². The lowest BCUT2D eigenvalue weighted by Crippen LogP contribution is -2.06. The molecule has 1 aromatic heterocycles. The summed E-state index contributed by atoms with van der Waals surface area (Å²) in [5.41, 5.74) is 2.18. The second kappa shape index (κ2) is 9.01. The Balaban J connectivity index is 2.16. The van der Waals surface area contributed by atoms with Crippen molar-refractivity contribution in [3.05, 3.63) is 35.5 Å². The Morgan fingerprint density at radius 1 is 0.960 bits per heavy atom. The number of ether oxygens (including phenoxy) is 2. The molecule has 2 rings (SSSR count). The van der Waals surface area contributed by atoms with Gasteiger partial charge in [-0.3, -0.25) is 14.6 Å². The number of fused-ring (bicyclic) bond motifs is 1. The number of aromatic hydroxyl groups is 1. The summed E-state index contributed by atoms with van der Waals surface area (Å²) in [7, 11) is 0. The number of esters is 2. The van der Waals surface area contributed by atoms with Gasteiger partial charge >= 0.3 is 11.9 Å². The van der Waals surface area contributed by atoms with E-state index in [0.717, 1.165) is 16.6 Å². The predicted octanol–water partition coefficient (Wildman–Crippen LogP) is 2.93. The van der Waals surface area contributed by atoms with Crippen molar-refractivity contribution in [2.24, 2.45) is 0 Å². The van der Waals surface area contributed by atoms with Crippen molar-refractivity contribution in [3.63, 3.8) is 0 Å². The van der Waals surface area contributed by atoms with Gasteiger partial charge in [0.05, 0.1) is 25.2 Å². The fraction of sp³-hybridized carbons (Fsp3) is 0.421. The van der Waals surface area contributed by atoms with Crippen molar-refractivity contribution in [2.75, 3.05) is 13.2 Å². The number of hydrogen-bond acceptors (Lipinski definition) is 6. The molecular weight excluding hydrogens is 322 g/mol. The molecule has 0 saturated carbocycles. The van der Waals surface area contributed by atoms with Crippen molar-refractivity contribution >= 4 is 22.8 Å². The van der Waals surface area contributed by atoms with Crippen LogP contribution in [0.1, 0.15) is 37.9 Å². The first-order valence-corrected chi connectivity index (χ1v) is 8.46. The van der Waals surface area contributed by atoms with Gasteiger partial charge < -0.3 is 14.6 Å². The van der Waals surface area contributed by atoms with Gasteiger partial charge in [-0.05, 0) is 38.5 Å².